The zero-order valence-electron chi connectivity index (χ0n) is 12.3. The highest BCUT2D eigenvalue weighted by molar-refractivity contribution is 5.96. The Morgan fingerprint density at radius 1 is 1.48 bits per heavy atom. The number of benzene rings is 1. The number of fused-ring (bicyclic) bond motifs is 1. The van der Waals surface area contributed by atoms with Crippen molar-refractivity contribution in [2.75, 3.05) is 24.6 Å². The molecular weight excluding hydrogens is 272 g/mol. The molecule has 0 spiro atoms. The van der Waals surface area contributed by atoms with E-state index in [9.17, 15) is 9.59 Å². The topological polar surface area (TPSA) is 78.9 Å². The maximum absolute atomic E-state index is 12.2. The van der Waals surface area contributed by atoms with E-state index in [1.165, 1.54) is 0 Å². The third-order valence-electron chi connectivity index (χ3n) is 3.46. The number of carbonyl (C=O) groups excluding carboxylic acids is 1. The van der Waals surface area contributed by atoms with Crippen LogP contribution in [-0.2, 0) is 11.2 Å². The molecule has 0 fully saturated rings. The molecule has 2 amide bonds. The average molecular weight is 292 g/mol. The average Bonchev–Trinajstić information content (AvgIpc) is 2.88. The van der Waals surface area contributed by atoms with Gasteiger partial charge in [-0.3, -0.25) is 4.90 Å². The molecule has 0 aliphatic carbocycles. The molecule has 2 N–H and O–H groups in total. The molecule has 1 aliphatic rings. The number of amides is 2. The van der Waals surface area contributed by atoms with Crippen LogP contribution in [0.1, 0.15) is 29.8 Å². The highest BCUT2D eigenvalue weighted by Crippen LogP contribution is 2.29. The highest BCUT2D eigenvalue weighted by Gasteiger charge is 2.25. The van der Waals surface area contributed by atoms with E-state index in [0.29, 0.717) is 25.4 Å². The third-order valence-corrected chi connectivity index (χ3v) is 3.46. The van der Waals surface area contributed by atoms with Crippen LogP contribution in [-0.4, -0.2) is 42.9 Å². The van der Waals surface area contributed by atoms with Crippen molar-refractivity contribution >= 4 is 17.7 Å². The van der Waals surface area contributed by atoms with Crippen LogP contribution in [0.15, 0.2) is 18.2 Å². The van der Waals surface area contributed by atoms with E-state index < -0.39 is 5.97 Å². The SMILES string of the molecule is CCOC(C)CNC(=O)N1CCc2ccc(C(=O)O)cc21. The Morgan fingerprint density at radius 3 is 2.90 bits per heavy atom. The van der Waals surface area contributed by atoms with Gasteiger partial charge in [-0.05, 0) is 38.0 Å². The van der Waals surface area contributed by atoms with Gasteiger partial charge in [0.1, 0.15) is 0 Å². The van der Waals surface area contributed by atoms with E-state index in [4.69, 9.17) is 9.84 Å². The van der Waals surface area contributed by atoms with E-state index in [1.54, 1.807) is 23.1 Å². The number of ether oxygens (including phenoxy) is 1. The highest BCUT2D eigenvalue weighted by atomic mass is 16.5. The molecule has 0 saturated heterocycles. The summed E-state index contributed by atoms with van der Waals surface area (Å²) in [5.74, 6) is -0.991. The van der Waals surface area contributed by atoms with Gasteiger partial charge < -0.3 is 15.2 Å². The summed E-state index contributed by atoms with van der Waals surface area (Å²) < 4.78 is 5.36. The molecule has 0 aromatic heterocycles. The lowest BCUT2D eigenvalue weighted by molar-refractivity contribution is 0.0696. The zero-order valence-corrected chi connectivity index (χ0v) is 12.3. The van der Waals surface area contributed by atoms with E-state index in [0.717, 1.165) is 12.0 Å². The van der Waals surface area contributed by atoms with Gasteiger partial charge in [0, 0.05) is 25.4 Å². The van der Waals surface area contributed by atoms with Crippen LogP contribution < -0.4 is 10.2 Å². The van der Waals surface area contributed by atoms with Gasteiger partial charge >= 0.3 is 12.0 Å². The van der Waals surface area contributed by atoms with Gasteiger partial charge in [0.05, 0.1) is 11.7 Å². The molecule has 2 rings (SSSR count). The molecule has 1 atom stereocenters. The summed E-state index contributed by atoms with van der Waals surface area (Å²) in [5, 5.41) is 11.9. The van der Waals surface area contributed by atoms with E-state index >= 15 is 0 Å². The second-order valence-electron chi connectivity index (χ2n) is 5.00. The number of hydrogen-bond donors (Lipinski definition) is 2. The third kappa shape index (κ3) is 3.52. The molecule has 1 heterocycles. The monoisotopic (exact) mass is 292 g/mol. The maximum atomic E-state index is 12.2. The minimum Gasteiger partial charge on any atom is -0.478 e. The van der Waals surface area contributed by atoms with E-state index in [1.807, 2.05) is 13.8 Å². The van der Waals surface area contributed by atoms with Crippen LogP contribution in [0.2, 0.25) is 0 Å². The van der Waals surface area contributed by atoms with E-state index in [-0.39, 0.29) is 17.7 Å². The van der Waals surface area contributed by atoms with Gasteiger partial charge in [0.25, 0.3) is 0 Å². The number of carbonyl (C=O) groups is 2. The lowest BCUT2D eigenvalue weighted by Crippen LogP contribution is -2.42. The first-order valence-electron chi connectivity index (χ1n) is 7.06. The Morgan fingerprint density at radius 2 is 2.24 bits per heavy atom. The first kappa shape index (κ1) is 15.3. The summed E-state index contributed by atoms with van der Waals surface area (Å²) in [4.78, 5) is 24.8. The first-order chi connectivity index (χ1) is 10.0. The quantitative estimate of drug-likeness (QED) is 0.868. The van der Waals surface area contributed by atoms with Crippen molar-refractivity contribution in [1.29, 1.82) is 0 Å². The van der Waals surface area contributed by atoms with Crippen molar-refractivity contribution in [1.82, 2.24) is 5.32 Å². The van der Waals surface area contributed by atoms with Crippen molar-refractivity contribution in [3.05, 3.63) is 29.3 Å². The van der Waals surface area contributed by atoms with Crippen LogP contribution in [0.3, 0.4) is 0 Å². The Kier molecular flexibility index (Phi) is 4.80. The van der Waals surface area contributed by atoms with E-state index in [2.05, 4.69) is 5.32 Å². The van der Waals surface area contributed by atoms with Crippen LogP contribution in [0.5, 0.6) is 0 Å². The van der Waals surface area contributed by atoms with Crippen LogP contribution >= 0.6 is 0 Å². The molecule has 114 valence electrons. The predicted octanol–water partition coefficient (Wildman–Crippen LogP) is 1.88. The number of nitrogens with one attached hydrogen (secondary N) is 1. The minimum atomic E-state index is -0.991. The number of aromatic carboxylic acids is 1. The van der Waals surface area contributed by atoms with Gasteiger partial charge in [-0.2, -0.15) is 0 Å². The fraction of sp³-hybridized carbons (Fsp3) is 0.467. The fourth-order valence-corrected chi connectivity index (χ4v) is 2.39. The lowest BCUT2D eigenvalue weighted by atomic mass is 10.1. The predicted molar refractivity (Wildman–Crippen MR) is 78.9 cm³/mol. The molecule has 0 saturated carbocycles. The van der Waals surface area contributed by atoms with Crippen molar-refractivity contribution < 1.29 is 19.4 Å². The largest absolute Gasteiger partial charge is 0.478 e. The molecule has 1 aromatic carbocycles. The number of carboxylic acids is 1. The van der Waals surface area contributed by atoms with Crippen LogP contribution in [0, 0.1) is 0 Å². The molecule has 0 bridgehead atoms. The molecule has 6 nitrogen and oxygen atoms in total. The molecule has 6 heteroatoms. The number of anilines is 1. The fourth-order valence-electron chi connectivity index (χ4n) is 2.39. The summed E-state index contributed by atoms with van der Waals surface area (Å²) in [7, 11) is 0. The number of carboxylic acid groups (broad SMARTS) is 1. The Balaban J connectivity index is 2.05. The maximum Gasteiger partial charge on any atom is 0.335 e. The van der Waals surface area contributed by atoms with Crippen LogP contribution in [0.25, 0.3) is 0 Å². The van der Waals surface area contributed by atoms with Gasteiger partial charge in [-0.15, -0.1) is 0 Å². The van der Waals surface area contributed by atoms with Crippen molar-refractivity contribution in [2.24, 2.45) is 0 Å². The van der Waals surface area contributed by atoms with Crippen molar-refractivity contribution in [3.8, 4) is 0 Å². The Labute approximate surface area is 123 Å². The molecule has 21 heavy (non-hydrogen) atoms. The second-order valence-corrected chi connectivity index (χ2v) is 5.00. The summed E-state index contributed by atoms with van der Waals surface area (Å²) in [5.41, 5.74) is 1.86. The number of urea groups is 1. The first-order valence-corrected chi connectivity index (χ1v) is 7.06. The van der Waals surface area contributed by atoms with Gasteiger partial charge in [-0.25, -0.2) is 9.59 Å². The number of hydrogen-bond acceptors (Lipinski definition) is 3. The second kappa shape index (κ2) is 6.58. The van der Waals surface area contributed by atoms with Crippen molar-refractivity contribution in [2.45, 2.75) is 26.4 Å². The minimum absolute atomic E-state index is 0.0497. The summed E-state index contributed by atoms with van der Waals surface area (Å²) >= 11 is 0. The number of rotatable bonds is 5. The standard InChI is InChI=1S/C15H20N2O4/c1-3-21-10(2)9-16-15(20)17-7-6-11-4-5-12(14(18)19)8-13(11)17/h4-5,8,10H,3,6-7,9H2,1-2H3,(H,16,20)(H,18,19). The Bertz CT molecular complexity index is 544. The summed E-state index contributed by atoms with van der Waals surface area (Å²) in [6, 6.07) is 4.67. The van der Waals surface area contributed by atoms with Gasteiger partial charge in [0.2, 0.25) is 0 Å². The molecule has 1 unspecified atom stereocenters. The van der Waals surface area contributed by atoms with Crippen molar-refractivity contribution in [3.63, 3.8) is 0 Å². The Hall–Kier alpha value is -2.08. The zero-order chi connectivity index (χ0) is 15.4. The normalized spacial score (nSPS) is 14.7. The number of nitrogens with zero attached hydrogens (tertiary/aromatic N) is 1. The van der Waals surface area contributed by atoms with Gasteiger partial charge in [-0.1, -0.05) is 6.07 Å². The molecule has 0 radical (unpaired) electrons. The smallest absolute Gasteiger partial charge is 0.335 e. The summed E-state index contributed by atoms with van der Waals surface area (Å²) in [6.07, 6.45) is 0.690. The molecular formula is C15H20N2O4. The summed E-state index contributed by atoms with van der Waals surface area (Å²) in [6.45, 7) is 5.39. The molecule has 1 aliphatic heterocycles. The van der Waals surface area contributed by atoms with Gasteiger partial charge in [0.15, 0.2) is 0 Å². The van der Waals surface area contributed by atoms with Crippen LogP contribution in [0.4, 0.5) is 10.5 Å². The molecule has 1 aromatic rings. The lowest BCUT2D eigenvalue weighted by Gasteiger charge is -2.20.